The molecule has 0 unspecified atom stereocenters. The van der Waals surface area contributed by atoms with Crippen LogP contribution < -0.4 is 5.32 Å². The van der Waals surface area contributed by atoms with Crippen LogP contribution in [0.15, 0.2) is 47.4 Å². The van der Waals surface area contributed by atoms with Gasteiger partial charge < -0.3 is 5.32 Å². The monoisotopic (exact) mass is 402 g/mol. The highest BCUT2D eigenvalue weighted by molar-refractivity contribution is 7.90. The summed E-state index contributed by atoms with van der Waals surface area (Å²) in [4.78, 5) is 24.0. The molecule has 2 aromatic carbocycles. The average Bonchev–Trinajstić information content (AvgIpc) is 2.77. The summed E-state index contributed by atoms with van der Waals surface area (Å²) in [5.74, 6) is -3.50. The highest BCUT2D eigenvalue weighted by Crippen LogP contribution is 2.33. The lowest BCUT2D eigenvalue weighted by molar-refractivity contribution is -0.140. The van der Waals surface area contributed by atoms with E-state index in [1.807, 2.05) is 5.32 Å². The van der Waals surface area contributed by atoms with E-state index in [-0.39, 0.29) is 10.5 Å². The second-order valence-electron chi connectivity index (χ2n) is 5.55. The second-order valence-corrected chi connectivity index (χ2v) is 7.38. The van der Waals surface area contributed by atoms with Crippen LogP contribution in [0.25, 0.3) is 0 Å². The Morgan fingerprint density at radius 2 is 1.78 bits per heavy atom. The molecule has 0 aliphatic carbocycles. The molecular weight excluding hydrogens is 392 g/mol. The molecule has 11 heteroatoms. The first-order valence-corrected chi connectivity index (χ1v) is 8.78. The average molecular weight is 402 g/mol. The third-order valence-electron chi connectivity index (χ3n) is 3.75. The number of anilines is 1. The molecule has 0 spiro atoms. The fraction of sp³-hybridized carbons (Fsp3) is 0.125. The zero-order valence-electron chi connectivity index (χ0n) is 13.2. The van der Waals surface area contributed by atoms with Crippen molar-refractivity contribution in [3.05, 3.63) is 59.4 Å². The van der Waals surface area contributed by atoms with Crippen molar-refractivity contribution in [1.29, 1.82) is 0 Å². The number of halogens is 4. The molecular formula is C16H10F4N2O4S. The van der Waals surface area contributed by atoms with Gasteiger partial charge in [0.15, 0.2) is 0 Å². The smallest absolute Gasteiger partial charge is 0.324 e. The van der Waals surface area contributed by atoms with Gasteiger partial charge in [-0.15, -0.1) is 0 Å². The van der Waals surface area contributed by atoms with Crippen LogP contribution in [-0.2, 0) is 21.0 Å². The number of hydrogen-bond donors (Lipinski definition) is 1. The molecule has 27 heavy (non-hydrogen) atoms. The zero-order valence-corrected chi connectivity index (χ0v) is 14.1. The van der Waals surface area contributed by atoms with Gasteiger partial charge >= 0.3 is 6.18 Å². The van der Waals surface area contributed by atoms with E-state index in [0.29, 0.717) is 16.4 Å². The van der Waals surface area contributed by atoms with Crippen molar-refractivity contribution in [3.63, 3.8) is 0 Å². The number of nitrogens with zero attached hydrogens (tertiary/aromatic N) is 1. The lowest BCUT2D eigenvalue weighted by Crippen LogP contribution is -2.37. The predicted octanol–water partition coefficient (Wildman–Crippen LogP) is 2.63. The normalized spacial score (nSPS) is 15.6. The molecule has 0 radical (unpaired) electrons. The van der Waals surface area contributed by atoms with Crippen LogP contribution in [0.2, 0.25) is 0 Å². The lowest BCUT2D eigenvalue weighted by atomic mass is 10.2. The third-order valence-corrected chi connectivity index (χ3v) is 5.54. The molecule has 1 aliphatic rings. The van der Waals surface area contributed by atoms with Crippen molar-refractivity contribution in [2.45, 2.75) is 11.1 Å². The van der Waals surface area contributed by atoms with E-state index >= 15 is 0 Å². The first-order valence-electron chi connectivity index (χ1n) is 7.34. The van der Waals surface area contributed by atoms with Crippen LogP contribution in [0.5, 0.6) is 0 Å². The Balaban J connectivity index is 1.81. The van der Waals surface area contributed by atoms with Crippen molar-refractivity contribution < 1.29 is 35.6 Å². The third kappa shape index (κ3) is 3.37. The van der Waals surface area contributed by atoms with Crippen molar-refractivity contribution in [2.75, 3.05) is 11.9 Å². The Hall–Kier alpha value is -2.95. The Labute approximate surface area is 150 Å². The van der Waals surface area contributed by atoms with Crippen LogP contribution in [0, 0.1) is 5.82 Å². The number of nitrogens with one attached hydrogen (secondary N) is 1. The summed E-state index contributed by atoms with van der Waals surface area (Å²) in [6.07, 6.45) is -4.97. The summed E-state index contributed by atoms with van der Waals surface area (Å²) in [6.45, 7) is -0.936. The van der Waals surface area contributed by atoms with Gasteiger partial charge in [-0.05, 0) is 30.3 Å². The van der Waals surface area contributed by atoms with Crippen LogP contribution in [0.4, 0.5) is 23.2 Å². The van der Waals surface area contributed by atoms with Crippen molar-refractivity contribution >= 4 is 27.5 Å². The molecule has 0 aromatic heterocycles. The van der Waals surface area contributed by atoms with E-state index in [2.05, 4.69) is 0 Å². The summed E-state index contributed by atoms with van der Waals surface area (Å²) in [5, 5.41) is 2.03. The first kappa shape index (κ1) is 18.8. The number of sulfonamides is 1. The summed E-state index contributed by atoms with van der Waals surface area (Å²) in [7, 11) is -4.24. The van der Waals surface area contributed by atoms with Gasteiger partial charge in [0.1, 0.15) is 17.3 Å². The van der Waals surface area contributed by atoms with Gasteiger partial charge in [-0.25, -0.2) is 17.1 Å². The molecule has 3 rings (SSSR count). The number of hydrogen-bond acceptors (Lipinski definition) is 4. The van der Waals surface area contributed by atoms with E-state index in [9.17, 15) is 35.6 Å². The molecule has 0 saturated carbocycles. The molecule has 1 aliphatic heterocycles. The van der Waals surface area contributed by atoms with Crippen molar-refractivity contribution in [1.82, 2.24) is 4.31 Å². The van der Waals surface area contributed by atoms with Gasteiger partial charge in [0.05, 0.1) is 11.1 Å². The van der Waals surface area contributed by atoms with Crippen LogP contribution in [0.3, 0.4) is 0 Å². The fourth-order valence-corrected chi connectivity index (χ4v) is 4.06. The summed E-state index contributed by atoms with van der Waals surface area (Å²) >= 11 is 0. The molecule has 2 aromatic rings. The van der Waals surface area contributed by atoms with E-state index in [0.717, 1.165) is 6.07 Å². The molecule has 2 amide bonds. The molecule has 6 nitrogen and oxygen atoms in total. The maximum Gasteiger partial charge on any atom is 0.419 e. The molecule has 1 N–H and O–H groups in total. The second kappa shape index (κ2) is 6.34. The number of benzene rings is 2. The Morgan fingerprint density at radius 3 is 2.41 bits per heavy atom. The van der Waals surface area contributed by atoms with Crippen LogP contribution in [0.1, 0.15) is 15.9 Å². The number of rotatable bonds is 3. The van der Waals surface area contributed by atoms with Gasteiger partial charge in [0, 0.05) is 5.69 Å². The molecule has 0 saturated heterocycles. The van der Waals surface area contributed by atoms with Gasteiger partial charge in [0.25, 0.3) is 15.9 Å². The van der Waals surface area contributed by atoms with E-state index in [4.69, 9.17) is 0 Å². The molecule has 0 atom stereocenters. The molecule has 1 heterocycles. The number of fused-ring (bicyclic) bond motifs is 1. The largest absolute Gasteiger partial charge is 0.419 e. The first-order chi connectivity index (χ1) is 12.5. The maximum absolute atomic E-state index is 13.3. The Bertz CT molecular complexity index is 1050. The van der Waals surface area contributed by atoms with Crippen molar-refractivity contribution in [3.8, 4) is 0 Å². The number of carbonyl (C=O) groups excluding carboxylic acids is 2. The maximum atomic E-state index is 13.3. The zero-order chi connectivity index (χ0) is 20.0. The number of amides is 2. The van der Waals surface area contributed by atoms with E-state index < -0.39 is 51.6 Å². The predicted molar refractivity (Wildman–Crippen MR) is 84.7 cm³/mol. The van der Waals surface area contributed by atoms with Crippen LogP contribution in [-0.4, -0.2) is 31.1 Å². The van der Waals surface area contributed by atoms with Crippen LogP contribution >= 0.6 is 0 Å². The fourth-order valence-electron chi connectivity index (χ4n) is 2.54. The van der Waals surface area contributed by atoms with Gasteiger partial charge in [0.2, 0.25) is 5.91 Å². The quantitative estimate of drug-likeness (QED) is 0.801. The summed E-state index contributed by atoms with van der Waals surface area (Å²) in [6, 6.07) is 7.13. The number of carbonyl (C=O) groups is 2. The molecule has 0 fully saturated rings. The highest BCUT2D eigenvalue weighted by atomic mass is 32.2. The minimum atomic E-state index is -4.97. The van der Waals surface area contributed by atoms with Gasteiger partial charge in [-0.3, -0.25) is 9.59 Å². The van der Waals surface area contributed by atoms with Crippen molar-refractivity contribution in [2.24, 2.45) is 0 Å². The van der Waals surface area contributed by atoms with Gasteiger partial charge in [-0.2, -0.15) is 13.2 Å². The standard InChI is InChI=1S/C16H10F4N2O4S/c17-12-6-5-9(7-11(12)16(18,19)20)21-14(23)8-22-15(24)10-3-1-2-4-13(10)27(22,25)26/h1-7H,8H2,(H,21,23). The lowest BCUT2D eigenvalue weighted by Gasteiger charge is -2.15. The number of alkyl halides is 3. The molecule has 142 valence electrons. The minimum absolute atomic E-state index is 0.105. The SMILES string of the molecule is O=C(CN1C(=O)c2ccccc2S1(=O)=O)Nc1ccc(F)c(C(F)(F)F)c1. The highest BCUT2D eigenvalue weighted by Gasteiger charge is 2.42. The topological polar surface area (TPSA) is 83.6 Å². The van der Waals surface area contributed by atoms with E-state index in [1.54, 1.807) is 0 Å². The summed E-state index contributed by atoms with van der Waals surface area (Å²) < 4.78 is 76.4. The summed E-state index contributed by atoms with van der Waals surface area (Å²) in [5.41, 5.74) is -2.08. The Kier molecular flexibility index (Phi) is 4.42. The molecule has 0 bridgehead atoms. The van der Waals surface area contributed by atoms with E-state index in [1.165, 1.54) is 24.3 Å². The minimum Gasteiger partial charge on any atom is -0.324 e. The van der Waals surface area contributed by atoms with Gasteiger partial charge in [-0.1, -0.05) is 12.1 Å². The Morgan fingerprint density at radius 1 is 1.11 bits per heavy atom.